The second-order valence-corrected chi connectivity index (χ2v) is 5.60. The molecule has 0 unspecified atom stereocenters. The number of nitrogens with zero attached hydrogens (tertiary/aromatic N) is 2. The Kier molecular flexibility index (Phi) is 5.09. The summed E-state index contributed by atoms with van der Waals surface area (Å²) >= 11 is 0. The van der Waals surface area contributed by atoms with Crippen LogP contribution in [0, 0.1) is 6.92 Å². The Morgan fingerprint density at radius 1 is 1.16 bits per heavy atom. The summed E-state index contributed by atoms with van der Waals surface area (Å²) in [4.78, 5) is 15.9. The van der Waals surface area contributed by atoms with E-state index in [0.717, 1.165) is 5.56 Å². The van der Waals surface area contributed by atoms with Crippen molar-refractivity contribution in [3.8, 4) is 5.75 Å². The van der Waals surface area contributed by atoms with Crippen LogP contribution >= 0.6 is 0 Å². The highest BCUT2D eigenvalue weighted by molar-refractivity contribution is 5.94. The fraction of sp³-hybridized carbons (Fsp3) is 0.211. The number of ether oxygens (including phenoxy) is 1. The van der Waals surface area contributed by atoms with E-state index >= 15 is 0 Å². The van der Waals surface area contributed by atoms with E-state index in [9.17, 15) is 4.79 Å². The molecule has 0 fully saturated rings. The Balaban J connectivity index is 1.58. The standard InChI is InChI=1S/C19H19N3O3/c1-13-5-3-4-6-15(13)11-18-21-17(22-25-18)12-24-16-9-7-14(8-10-16)19(23)20-2/h3-10H,11-12H2,1-2H3,(H,20,23). The number of hydrogen-bond donors (Lipinski definition) is 1. The summed E-state index contributed by atoms with van der Waals surface area (Å²) in [5.74, 6) is 1.55. The Labute approximate surface area is 145 Å². The smallest absolute Gasteiger partial charge is 0.251 e. The van der Waals surface area contributed by atoms with Crippen LogP contribution in [0.15, 0.2) is 53.1 Å². The Morgan fingerprint density at radius 2 is 1.92 bits per heavy atom. The molecule has 1 heterocycles. The molecule has 2 aromatic carbocycles. The first kappa shape index (κ1) is 16.7. The summed E-state index contributed by atoms with van der Waals surface area (Å²) in [7, 11) is 1.59. The zero-order valence-corrected chi connectivity index (χ0v) is 14.2. The molecule has 128 valence electrons. The average molecular weight is 337 g/mol. The molecule has 0 aliphatic rings. The fourth-order valence-electron chi connectivity index (χ4n) is 2.39. The molecule has 0 aliphatic carbocycles. The van der Waals surface area contributed by atoms with Gasteiger partial charge in [-0.2, -0.15) is 4.98 Å². The number of benzene rings is 2. The third kappa shape index (κ3) is 4.23. The second-order valence-electron chi connectivity index (χ2n) is 5.60. The van der Waals surface area contributed by atoms with Crippen LogP contribution in [0.2, 0.25) is 0 Å². The van der Waals surface area contributed by atoms with Gasteiger partial charge in [-0.1, -0.05) is 29.4 Å². The van der Waals surface area contributed by atoms with E-state index in [-0.39, 0.29) is 12.5 Å². The highest BCUT2D eigenvalue weighted by Gasteiger charge is 2.09. The van der Waals surface area contributed by atoms with Crippen LogP contribution in [0.3, 0.4) is 0 Å². The third-order valence-electron chi connectivity index (χ3n) is 3.82. The first-order valence-electron chi connectivity index (χ1n) is 7.96. The van der Waals surface area contributed by atoms with Gasteiger partial charge >= 0.3 is 0 Å². The van der Waals surface area contributed by atoms with Crippen molar-refractivity contribution >= 4 is 5.91 Å². The van der Waals surface area contributed by atoms with Crippen LogP contribution in [0.4, 0.5) is 0 Å². The number of aryl methyl sites for hydroxylation is 1. The monoisotopic (exact) mass is 337 g/mol. The van der Waals surface area contributed by atoms with Crippen LogP contribution in [0.1, 0.15) is 33.2 Å². The van der Waals surface area contributed by atoms with Crippen molar-refractivity contribution in [2.24, 2.45) is 0 Å². The zero-order valence-electron chi connectivity index (χ0n) is 14.2. The minimum Gasteiger partial charge on any atom is -0.485 e. The van der Waals surface area contributed by atoms with Crippen LogP contribution in [0.25, 0.3) is 0 Å². The van der Waals surface area contributed by atoms with Gasteiger partial charge < -0.3 is 14.6 Å². The molecule has 1 amide bonds. The molecule has 1 aromatic heterocycles. The molecule has 3 rings (SSSR count). The van der Waals surface area contributed by atoms with Crippen molar-refractivity contribution in [2.45, 2.75) is 20.0 Å². The second kappa shape index (κ2) is 7.61. The van der Waals surface area contributed by atoms with E-state index < -0.39 is 0 Å². The number of carbonyl (C=O) groups is 1. The van der Waals surface area contributed by atoms with E-state index in [1.165, 1.54) is 5.56 Å². The molecule has 0 radical (unpaired) electrons. The Hall–Kier alpha value is -3.15. The van der Waals surface area contributed by atoms with Crippen LogP contribution in [-0.4, -0.2) is 23.1 Å². The van der Waals surface area contributed by atoms with Gasteiger partial charge in [-0.3, -0.25) is 4.79 Å². The highest BCUT2D eigenvalue weighted by Crippen LogP contribution is 2.15. The Morgan fingerprint density at radius 3 is 2.64 bits per heavy atom. The number of rotatable bonds is 6. The number of hydrogen-bond acceptors (Lipinski definition) is 5. The van der Waals surface area contributed by atoms with Gasteiger partial charge in [-0.05, 0) is 42.3 Å². The summed E-state index contributed by atoms with van der Waals surface area (Å²) in [5.41, 5.74) is 2.92. The number of nitrogens with one attached hydrogen (secondary N) is 1. The van der Waals surface area contributed by atoms with Crippen molar-refractivity contribution in [1.82, 2.24) is 15.5 Å². The molecule has 0 aliphatic heterocycles. The van der Waals surface area contributed by atoms with E-state index in [1.54, 1.807) is 31.3 Å². The maximum absolute atomic E-state index is 11.5. The van der Waals surface area contributed by atoms with Gasteiger partial charge in [0.05, 0.1) is 6.42 Å². The largest absolute Gasteiger partial charge is 0.485 e. The maximum atomic E-state index is 11.5. The highest BCUT2D eigenvalue weighted by atomic mass is 16.5. The van der Waals surface area contributed by atoms with Crippen molar-refractivity contribution < 1.29 is 14.1 Å². The molecule has 6 heteroatoms. The number of aromatic nitrogens is 2. The molecule has 0 saturated heterocycles. The van der Waals surface area contributed by atoms with Gasteiger partial charge in [-0.15, -0.1) is 0 Å². The lowest BCUT2D eigenvalue weighted by Crippen LogP contribution is -2.17. The quantitative estimate of drug-likeness (QED) is 0.748. The molecular weight excluding hydrogens is 318 g/mol. The van der Waals surface area contributed by atoms with E-state index in [0.29, 0.717) is 29.4 Å². The first-order valence-corrected chi connectivity index (χ1v) is 7.96. The summed E-state index contributed by atoms with van der Waals surface area (Å²) in [5, 5.41) is 6.51. The first-order chi connectivity index (χ1) is 12.2. The van der Waals surface area contributed by atoms with Crippen molar-refractivity contribution in [3.05, 3.63) is 76.9 Å². The predicted molar refractivity (Wildman–Crippen MR) is 92.4 cm³/mol. The van der Waals surface area contributed by atoms with Gasteiger partial charge in [0.1, 0.15) is 5.75 Å². The van der Waals surface area contributed by atoms with Crippen LogP contribution in [0.5, 0.6) is 5.75 Å². The van der Waals surface area contributed by atoms with Gasteiger partial charge in [0.25, 0.3) is 5.91 Å². The average Bonchev–Trinajstić information content (AvgIpc) is 3.09. The molecule has 1 N–H and O–H groups in total. The molecule has 25 heavy (non-hydrogen) atoms. The molecule has 0 atom stereocenters. The fourth-order valence-corrected chi connectivity index (χ4v) is 2.39. The summed E-state index contributed by atoms with van der Waals surface area (Å²) in [6.07, 6.45) is 0.598. The minimum absolute atomic E-state index is 0.134. The molecule has 3 aromatic rings. The number of carbonyl (C=O) groups excluding carboxylic acids is 1. The predicted octanol–water partition coefficient (Wildman–Crippen LogP) is 2.91. The van der Waals surface area contributed by atoms with E-state index in [4.69, 9.17) is 9.26 Å². The van der Waals surface area contributed by atoms with Gasteiger partial charge in [-0.25, -0.2) is 0 Å². The molecular formula is C19H19N3O3. The molecule has 0 spiro atoms. The summed E-state index contributed by atoms with van der Waals surface area (Å²) in [6, 6.07) is 15.0. The molecule has 6 nitrogen and oxygen atoms in total. The summed E-state index contributed by atoms with van der Waals surface area (Å²) < 4.78 is 10.9. The Bertz CT molecular complexity index is 856. The summed E-state index contributed by atoms with van der Waals surface area (Å²) in [6.45, 7) is 2.26. The van der Waals surface area contributed by atoms with E-state index in [1.807, 2.05) is 18.2 Å². The van der Waals surface area contributed by atoms with Crippen molar-refractivity contribution in [3.63, 3.8) is 0 Å². The lowest BCUT2D eigenvalue weighted by atomic mass is 10.1. The minimum atomic E-state index is -0.134. The number of amides is 1. The third-order valence-corrected chi connectivity index (χ3v) is 3.82. The van der Waals surface area contributed by atoms with Crippen LogP contribution < -0.4 is 10.1 Å². The van der Waals surface area contributed by atoms with E-state index in [2.05, 4.69) is 28.4 Å². The van der Waals surface area contributed by atoms with Crippen molar-refractivity contribution in [2.75, 3.05) is 7.05 Å². The lowest BCUT2D eigenvalue weighted by molar-refractivity contribution is 0.0963. The van der Waals surface area contributed by atoms with Gasteiger partial charge in [0.15, 0.2) is 6.61 Å². The zero-order chi connectivity index (χ0) is 17.6. The van der Waals surface area contributed by atoms with Gasteiger partial charge in [0.2, 0.25) is 11.7 Å². The van der Waals surface area contributed by atoms with Gasteiger partial charge in [0, 0.05) is 12.6 Å². The SMILES string of the molecule is CNC(=O)c1ccc(OCc2noc(Cc3ccccc3C)n2)cc1. The molecule has 0 bridgehead atoms. The van der Waals surface area contributed by atoms with Crippen molar-refractivity contribution in [1.29, 1.82) is 0 Å². The molecule has 0 saturated carbocycles. The van der Waals surface area contributed by atoms with Crippen LogP contribution in [-0.2, 0) is 13.0 Å². The lowest BCUT2D eigenvalue weighted by Gasteiger charge is -2.04. The normalized spacial score (nSPS) is 10.5. The topological polar surface area (TPSA) is 77.2 Å². The maximum Gasteiger partial charge on any atom is 0.251 e.